The fourth-order valence-corrected chi connectivity index (χ4v) is 3.07. The number of halogens is 1. The summed E-state index contributed by atoms with van der Waals surface area (Å²) in [5.41, 5.74) is 6.39. The van der Waals surface area contributed by atoms with Gasteiger partial charge in [0.1, 0.15) is 16.5 Å². The number of hydrogen-bond acceptors (Lipinski definition) is 5. The molecule has 0 spiro atoms. The van der Waals surface area contributed by atoms with Crippen LogP contribution in [-0.4, -0.2) is 27.6 Å². The van der Waals surface area contributed by atoms with Gasteiger partial charge in [-0.1, -0.05) is 0 Å². The van der Waals surface area contributed by atoms with Gasteiger partial charge in [0.05, 0.1) is 12.1 Å². The SMILES string of the molecule is CC(=O)c1c[nH]c(C(=O)NNC(=O)Cc2csc(-c3ccc(F)cc3)n2)c1. The van der Waals surface area contributed by atoms with Gasteiger partial charge in [0, 0.05) is 22.7 Å². The van der Waals surface area contributed by atoms with Gasteiger partial charge in [-0.25, -0.2) is 9.37 Å². The monoisotopic (exact) mass is 386 g/mol. The van der Waals surface area contributed by atoms with E-state index in [1.54, 1.807) is 17.5 Å². The van der Waals surface area contributed by atoms with Crippen LogP contribution in [0.3, 0.4) is 0 Å². The van der Waals surface area contributed by atoms with E-state index in [0.717, 1.165) is 5.56 Å². The Labute approximate surface area is 157 Å². The van der Waals surface area contributed by atoms with E-state index in [1.165, 1.54) is 42.7 Å². The zero-order chi connectivity index (χ0) is 19.4. The Morgan fingerprint density at radius 3 is 2.59 bits per heavy atom. The molecule has 9 heteroatoms. The molecule has 0 atom stereocenters. The molecule has 3 rings (SSSR count). The summed E-state index contributed by atoms with van der Waals surface area (Å²) in [6.45, 7) is 1.39. The van der Waals surface area contributed by atoms with Crippen LogP contribution in [-0.2, 0) is 11.2 Å². The number of H-pyrrole nitrogens is 1. The number of nitrogens with one attached hydrogen (secondary N) is 3. The minimum atomic E-state index is -0.568. The maximum absolute atomic E-state index is 13.0. The summed E-state index contributed by atoms with van der Waals surface area (Å²) in [7, 11) is 0. The van der Waals surface area contributed by atoms with Crippen molar-refractivity contribution in [2.75, 3.05) is 0 Å². The first-order chi connectivity index (χ1) is 12.9. The zero-order valence-corrected chi connectivity index (χ0v) is 15.0. The van der Waals surface area contributed by atoms with Gasteiger partial charge in [0.25, 0.3) is 5.91 Å². The molecule has 0 radical (unpaired) electrons. The Morgan fingerprint density at radius 2 is 1.93 bits per heavy atom. The van der Waals surface area contributed by atoms with E-state index in [9.17, 15) is 18.8 Å². The van der Waals surface area contributed by atoms with Crippen LogP contribution in [0.5, 0.6) is 0 Å². The molecule has 2 amide bonds. The summed E-state index contributed by atoms with van der Waals surface area (Å²) in [4.78, 5) is 42.1. The Hall–Kier alpha value is -3.33. The number of Topliss-reactive ketones (excluding diaryl/α,β-unsaturated/α-hetero) is 1. The summed E-state index contributed by atoms with van der Waals surface area (Å²) in [6, 6.07) is 7.32. The summed E-state index contributed by atoms with van der Waals surface area (Å²) in [5.74, 6) is -1.52. The van der Waals surface area contributed by atoms with Crippen LogP contribution in [0.15, 0.2) is 41.9 Å². The van der Waals surface area contributed by atoms with Crippen LogP contribution in [0.1, 0.15) is 33.5 Å². The van der Waals surface area contributed by atoms with Crippen LogP contribution in [0.2, 0.25) is 0 Å². The van der Waals surface area contributed by atoms with Gasteiger partial charge in [0.2, 0.25) is 5.91 Å². The van der Waals surface area contributed by atoms with Crippen molar-refractivity contribution in [2.45, 2.75) is 13.3 Å². The largest absolute Gasteiger partial charge is 0.356 e. The third-order valence-corrected chi connectivity index (χ3v) is 4.57. The molecule has 0 saturated heterocycles. The molecule has 3 N–H and O–H groups in total. The van der Waals surface area contributed by atoms with E-state index in [4.69, 9.17) is 0 Å². The molecule has 7 nitrogen and oxygen atoms in total. The van der Waals surface area contributed by atoms with Crippen molar-refractivity contribution in [3.8, 4) is 10.6 Å². The summed E-state index contributed by atoms with van der Waals surface area (Å²) in [5, 5.41) is 2.40. The fourth-order valence-electron chi connectivity index (χ4n) is 2.24. The first kappa shape index (κ1) is 18.5. The van der Waals surface area contributed by atoms with Gasteiger partial charge < -0.3 is 4.98 Å². The second-order valence-corrected chi connectivity index (χ2v) is 6.55. The third kappa shape index (κ3) is 4.64. The van der Waals surface area contributed by atoms with Gasteiger partial charge in [-0.05, 0) is 37.3 Å². The van der Waals surface area contributed by atoms with E-state index in [2.05, 4.69) is 20.8 Å². The van der Waals surface area contributed by atoms with Crippen LogP contribution >= 0.6 is 11.3 Å². The van der Waals surface area contributed by atoms with Crippen molar-refractivity contribution < 1.29 is 18.8 Å². The van der Waals surface area contributed by atoms with Crippen LogP contribution in [0, 0.1) is 5.82 Å². The summed E-state index contributed by atoms with van der Waals surface area (Å²) >= 11 is 1.34. The normalized spacial score (nSPS) is 10.4. The summed E-state index contributed by atoms with van der Waals surface area (Å²) in [6.07, 6.45) is 1.40. The van der Waals surface area contributed by atoms with Crippen molar-refractivity contribution >= 4 is 28.9 Å². The number of hydrogen-bond donors (Lipinski definition) is 3. The molecule has 3 aromatic rings. The van der Waals surface area contributed by atoms with Gasteiger partial charge in [-0.2, -0.15) is 0 Å². The minimum Gasteiger partial charge on any atom is -0.356 e. The van der Waals surface area contributed by atoms with Gasteiger partial charge in [-0.15, -0.1) is 11.3 Å². The number of benzene rings is 1. The quantitative estimate of drug-likeness (QED) is 0.463. The number of carbonyl (C=O) groups is 3. The molecule has 138 valence electrons. The van der Waals surface area contributed by atoms with Crippen molar-refractivity contribution in [1.29, 1.82) is 0 Å². The number of aromatic nitrogens is 2. The van der Waals surface area contributed by atoms with Crippen molar-refractivity contribution in [3.05, 3.63) is 64.7 Å². The highest BCUT2D eigenvalue weighted by Crippen LogP contribution is 2.24. The van der Waals surface area contributed by atoms with E-state index in [-0.39, 0.29) is 23.7 Å². The standard InChI is InChI=1S/C18H15FN4O3S/c1-10(24)12-6-15(20-8-12)17(26)23-22-16(25)7-14-9-27-18(21-14)11-2-4-13(19)5-3-11/h2-6,8-9,20H,7H2,1H3,(H,22,25)(H,23,26). The lowest BCUT2D eigenvalue weighted by molar-refractivity contribution is -0.121. The molecule has 0 saturated carbocycles. The van der Waals surface area contributed by atoms with Gasteiger partial charge >= 0.3 is 0 Å². The number of amides is 2. The highest BCUT2D eigenvalue weighted by atomic mass is 32.1. The average Bonchev–Trinajstić information content (AvgIpc) is 3.30. The number of hydrazine groups is 1. The topological polar surface area (TPSA) is 104 Å². The second kappa shape index (κ2) is 7.92. The molecule has 27 heavy (non-hydrogen) atoms. The van der Waals surface area contributed by atoms with Crippen molar-refractivity contribution in [2.24, 2.45) is 0 Å². The minimum absolute atomic E-state index is 0.0264. The predicted molar refractivity (Wildman–Crippen MR) is 97.6 cm³/mol. The number of aromatic amines is 1. The molecular weight excluding hydrogens is 371 g/mol. The first-order valence-corrected chi connectivity index (χ1v) is 8.79. The lowest BCUT2D eigenvalue weighted by Crippen LogP contribution is -2.42. The molecule has 0 unspecified atom stereocenters. The van der Waals surface area contributed by atoms with Gasteiger partial charge in [0.15, 0.2) is 5.78 Å². The molecule has 1 aromatic carbocycles. The van der Waals surface area contributed by atoms with E-state index in [1.807, 2.05) is 0 Å². The molecular formula is C18H15FN4O3S. The van der Waals surface area contributed by atoms with E-state index < -0.39 is 11.8 Å². The predicted octanol–water partition coefficient (Wildman–Crippen LogP) is 2.48. The maximum atomic E-state index is 13.0. The number of thiazole rings is 1. The van der Waals surface area contributed by atoms with E-state index in [0.29, 0.717) is 16.3 Å². The molecule has 0 aliphatic carbocycles. The summed E-state index contributed by atoms with van der Waals surface area (Å²) < 4.78 is 13.0. The van der Waals surface area contributed by atoms with Crippen LogP contribution < -0.4 is 10.9 Å². The first-order valence-electron chi connectivity index (χ1n) is 7.91. The number of carbonyl (C=O) groups excluding carboxylic acids is 3. The fraction of sp³-hybridized carbons (Fsp3) is 0.111. The number of nitrogens with zero attached hydrogens (tertiary/aromatic N) is 1. The lowest BCUT2D eigenvalue weighted by atomic mass is 10.2. The number of rotatable bonds is 5. The maximum Gasteiger partial charge on any atom is 0.286 e. The molecule has 0 fully saturated rings. The molecule has 0 aliphatic heterocycles. The molecule has 0 aliphatic rings. The molecule has 2 heterocycles. The Bertz CT molecular complexity index is 994. The molecule has 0 bridgehead atoms. The molecule has 2 aromatic heterocycles. The Morgan fingerprint density at radius 1 is 1.19 bits per heavy atom. The Balaban J connectivity index is 1.54. The van der Waals surface area contributed by atoms with Crippen LogP contribution in [0.25, 0.3) is 10.6 Å². The van der Waals surface area contributed by atoms with E-state index >= 15 is 0 Å². The highest BCUT2D eigenvalue weighted by molar-refractivity contribution is 7.13. The van der Waals surface area contributed by atoms with Crippen LogP contribution in [0.4, 0.5) is 4.39 Å². The second-order valence-electron chi connectivity index (χ2n) is 5.69. The lowest BCUT2D eigenvalue weighted by Gasteiger charge is -2.05. The smallest absolute Gasteiger partial charge is 0.286 e. The Kier molecular flexibility index (Phi) is 5.41. The number of ketones is 1. The van der Waals surface area contributed by atoms with Crippen molar-refractivity contribution in [3.63, 3.8) is 0 Å². The zero-order valence-electron chi connectivity index (χ0n) is 14.2. The van der Waals surface area contributed by atoms with Gasteiger partial charge in [-0.3, -0.25) is 25.2 Å². The highest BCUT2D eigenvalue weighted by Gasteiger charge is 2.13. The third-order valence-electron chi connectivity index (χ3n) is 3.63. The average molecular weight is 386 g/mol. The van der Waals surface area contributed by atoms with Crippen molar-refractivity contribution in [1.82, 2.24) is 20.8 Å².